The maximum atomic E-state index is 13.0. The maximum Gasteiger partial charge on any atom is 0.331 e. The highest BCUT2D eigenvalue weighted by atomic mass is 31.2. The molecule has 0 aliphatic carbocycles. The van der Waals surface area contributed by atoms with Gasteiger partial charge in [-0.15, -0.1) is 0 Å². The Hall–Kier alpha value is -1.34. The number of hydrogen-bond donors (Lipinski definition) is 2. The van der Waals surface area contributed by atoms with Gasteiger partial charge in [0.1, 0.15) is 0 Å². The molecule has 0 saturated heterocycles. The van der Waals surface area contributed by atoms with Crippen molar-refractivity contribution in [1.82, 2.24) is 10.6 Å². The summed E-state index contributed by atoms with van der Waals surface area (Å²) in [6.45, 7) is 9.40. The van der Waals surface area contributed by atoms with E-state index in [0.29, 0.717) is 39.5 Å². The number of benzene rings is 2. The Morgan fingerprint density at radius 3 is 1.17 bits per heavy atom. The third kappa shape index (κ3) is 10.2. The molecule has 202 valence electrons. The van der Waals surface area contributed by atoms with Gasteiger partial charge in [-0.05, 0) is 38.8 Å². The van der Waals surface area contributed by atoms with E-state index in [0.717, 1.165) is 11.1 Å². The highest BCUT2D eigenvalue weighted by Gasteiger charge is 2.29. The van der Waals surface area contributed by atoms with E-state index >= 15 is 0 Å². The first-order valence-corrected chi connectivity index (χ1v) is 16.2. The van der Waals surface area contributed by atoms with Crippen LogP contribution in [-0.2, 0) is 27.2 Å². The number of hydrogen-bond acceptors (Lipinski definition) is 8. The van der Waals surface area contributed by atoms with Gasteiger partial charge in [0.05, 0.1) is 50.8 Å². The largest absolute Gasteiger partial charge is 0.331 e. The molecule has 8 nitrogen and oxygen atoms in total. The van der Waals surface area contributed by atoms with Crippen LogP contribution >= 0.6 is 15.2 Å². The molecule has 36 heavy (non-hydrogen) atoms. The van der Waals surface area contributed by atoms with Crippen molar-refractivity contribution < 1.29 is 27.2 Å². The minimum Gasteiger partial charge on any atom is -0.309 e. The Morgan fingerprint density at radius 1 is 0.583 bits per heavy atom. The fourth-order valence-electron chi connectivity index (χ4n) is 4.01. The van der Waals surface area contributed by atoms with E-state index in [1.807, 2.05) is 64.1 Å². The molecule has 0 spiro atoms. The quantitative estimate of drug-likeness (QED) is 0.204. The first-order chi connectivity index (χ1) is 17.4. The summed E-state index contributed by atoms with van der Waals surface area (Å²) in [5, 5.41) is 7.16. The Morgan fingerprint density at radius 2 is 0.889 bits per heavy atom. The predicted molar refractivity (Wildman–Crippen MR) is 146 cm³/mol. The summed E-state index contributed by atoms with van der Waals surface area (Å²) in [5.41, 5.74) is 2.14. The van der Waals surface area contributed by atoms with Crippen LogP contribution in [0.3, 0.4) is 0 Å². The summed E-state index contributed by atoms with van der Waals surface area (Å²) in [4.78, 5) is 0. The van der Waals surface area contributed by atoms with Gasteiger partial charge < -0.3 is 28.7 Å². The van der Waals surface area contributed by atoms with Gasteiger partial charge in [-0.3, -0.25) is 9.13 Å². The third-order valence-electron chi connectivity index (χ3n) is 5.45. The van der Waals surface area contributed by atoms with E-state index in [4.69, 9.17) is 18.1 Å². The molecule has 0 amide bonds. The lowest BCUT2D eigenvalue weighted by Gasteiger charge is -2.31. The van der Waals surface area contributed by atoms with E-state index in [2.05, 4.69) is 34.9 Å². The second-order valence-electron chi connectivity index (χ2n) is 8.03. The van der Waals surface area contributed by atoms with Gasteiger partial charge in [-0.25, -0.2) is 0 Å². The van der Waals surface area contributed by atoms with E-state index in [-0.39, 0.29) is 24.4 Å². The molecule has 0 aliphatic heterocycles. The average Bonchev–Trinajstić information content (AvgIpc) is 2.87. The standard InChI is InChI=1S/C26H42N2O6P2/c1-5-31-35(29,32-6-2)21-19-27-25(23-15-11-9-12-16-23)26(24-17-13-10-14-18-24)28-20-22-36(30,33-7-3)34-8-4/h9-18,25-28H,5-8,19-22H2,1-4H3/t25-,26?/m0/s1. The van der Waals surface area contributed by atoms with Crippen molar-refractivity contribution in [2.24, 2.45) is 0 Å². The van der Waals surface area contributed by atoms with E-state index in [9.17, 15) is 9.13 Å². The lowest BCUT2D eigenvalue weighted by Crippen LogP contribution is -2.38. The summed E-state index contributed by atoms with van der Waals surface area (Å²) in [6.07, 6.45) is 0.507. The van der Waals surface area contributed by atoms with Crippen molar-refractivity contribution in [2.75, 3.05) is 51.8 Å². The summed E-state index contributed by atoms with van der Waals surface area (Å²) in [6, 6.07) is 19.9. The SMILES string of the molecule is CCOP(=O)(CCNC(c1ccccc1)[C@@H](NCCP(=O)(OCC)OCC)c1ccccc1)OCC. The second kappa shape index (κ2) is 16.5. The van der Waals surface area contributed by atoms with E-state index < -0.39 is 15.2 Å². The molecule has 2 aromatic carbocycles. The van der Waals surface area contributed by atoms with E-state index in [1.54, 1.807) is 0 Å². The van der Waals surface area contributed by atoms with Gasteiger partial charge in [0.2, 0.25) is 0 Å². The fraction of sp³-hybridized carbons (Fsp3) is 0.538. The van der Waals surface area contributed by atoms with Gasteiger partial charge in [-0.2, -0.15) is 0 Å². The van der Waals surface area contributed by atoms with Crippen molar-refractivity contribution in [1.29, 1.82) is 0 Å². The zero-order valence-corrected chi connectivity index (χ0v) is 23.7. The van der Waals surface area contributed by atoms with Crippen LogP contribution in [0.1, 0.15) is 50.9 Å². The van der Waals surface area contributed by atoms with Crippen molar-refractivity contribution in [3.63, 3.8) is 0 Å². The van der Waals surface area contributed by atoms with Crippen LogP contribution in [0.15, 0.2) is 60.7 Å². The molecule has 0 saturated carbocycles. The van der Waals surface area contributed by atoms with Crippen LogP contribution in [0.5, 0.6) is 0 Å². The molecule has 1 unspecified atom stereocenters. The van der Waals surface area contributed by atoms with E-state index in [1.165, 1.54) is 0 Å². The average molecular weight is 541 g/mol. The Kier molecular flexibility index (Phi) is 14.1. The first-order valence-electron chi connectivity index (χ1n) is 12.7. The fourth-order valence-corrected chi connectivity index (χ4v) is 7.06. The van der Waals surface area contributed by atoms with Crippen LogP contribution in [0.2, 0.25) is 0 Å². The van der Waals surface area contributed by atoms with Crippen LogP contribution in [0, 0.1) is 0 Å². The minimum atomic E-state index is -3.18. The molecule has 0 aliphatic rings. The summed E-state index contributed by atoms with van der Waals surface area (Å²) >= 11 is 0. The Balaban J connectivity index is 2.27. The molecule has 0 radical (unpaired) electrons. The second-order valence-corrected chi connectivity index (χ2v) is 12.4. The van der Waals surface area contributed by atoms with Crippen molar-refractivity contribution in [3.8, 4) is 0 Å². The highest BCUT2D eigenvalue weighted by Crippen LogP contribution is 2.48. The Labute approximate surface area is 216 Å². The monoisotopic (exact) mass is 540 g/mol. The zero-order valence-electron chi connectivity index (χ0n) is 21.9. The molecule has 2 rings (SSSR count). The molecule has 2 aromatic rings. The topological polar surface area (TPSA) is 95.1 Å². The number of rotatable bonds is 19. The lowest BCUT2D eigenvalue weighted by atomic mass is 9.93. The van der Waals surface area contributed by atoms with Gasteiger partial charge in [0.25, 0.3) is 0 Å². The third-order valence-corrected chi connectivity index (χ3v) is 9.60. The Bertz CT molecular complexity index is 850. The van der Waals surface area contributed by atoms with Crippen LogP contribution < -0.4 is 10.6 Å². The van der Waals surface area contributed by atoms with Crippen LogP contribution in [0.25, 0.3) is 0 Å². The van der Waals surface area contributed by atoms with Crippen molar-refractivity contribution >= 4 is 15.2 Å². The molecule has 0 bridgehead atoms. The summed E-state index contributed by atoms with van der Waals surface area (Å²) < 4.78 is 47.9. The molecule has 0 fully saturated rings. The highest BCUT2D eigenvalue weighted by molar-refractivity contribution is 7.54. The van der Waals surface area contributed by atoms with Gasteiger partial charge in [0, 0.05) is 13.1 Å². The first kappa shape index (κ1) is 30.9. The summed E-state index contributed by atoms with van der Waals surface area (Å²) in [7, 11) is -6.36. The summed E-state index contributed by atoms with van der Waals surface area (Å²) in [5.74, 6) is 0. The molecular formula is C26H42N2O6P2. The molecule has 10 heteroatoms. The molecule has 2 atom stereocenters. The zero-order chi connectivity index (χ0) is 26.3. The van der Waals surface area contributed by atoms with Gasteiger partial charge in [0.15, 0.2) is 0 Å². The molecule has 0 aromatic heterocycles. The van der Waals surface area contributed by atoms with Gasteiger partial charge >= 0.3 is 15.2 Å². The predicted octanol–water partition coefficient (Wildman–Crippen LogP) is 6.18. The normalized spacial score (nSPS) is 14.0. The van der Waals surface area contributed by atoms with Gasteiger partial charge in [-0.1, -0.05) is 60.7 Å². The van der Waals surface area contributed by atoms with Crippen molar-refractivity contribution in [2.45, 2.75) is 39.8 Å². The molecular weight excluding hydrogens is 498 g/mol. The molecule has 0 heterocycles. The van der Waals surface area contributed by atoms with Crippen molar-refractivity contribution in [3.05, 3.63) is 71.8 Å². The minimum absolute atomic E-state index is 0.163. The van der Waals surface area contributed by atoms with Crippen LogP contribution in [-0.4, -0.2) is 51.8 Å². The van der Waals surface area contributed by atoms with Crippen LogP contribution in [0.4, 0.5) is 0 Å². The number of nitrogens with one attached hydrogen (secondary N) is 2. The lowest BCUT2D eigenvalue weighted by molar-refractivity contribution is 0.217. The molecule has 2 N–H and O–H groups in total. The smallest absolute Gasteiger partial charge is 0.309 e. The maximum absolute atomic E-state index is 13.0.